The van der Waals surface area contributed by atoms with Crippen LogP contribution in [-0.4, -0.2) is 11.1 Å². The van der Waals surface area contributed by atoms with E-state index in [0.717, 1.165) is 27.5 Å². The molecule has 0 aromatic heterocycles. The predicted molar refractivity (Wildman–Crippen MR) is 119 cm³/mol. The summed E-state index contributed by atoms with van der Waals surface area (Å²) >= 11 is 0. The van der Waals surface area contributed by atoms with E-state index in [2.05, 4.69) is 0 Å². The number of hydrogen-bond acceptors (Lipinski definition) is 3. The van der Waals surface area contributed by atoms with Gasteiger partial charge in [0.25, 0.3) is 0 Å². The van der Waals surface area contributed by atoms with Crippen LogP contribution in [0.15, 0.2) is 91.0 Å². The van der Waals surface area contributed by atoms with Gasteiger partial charge in [0.15, 0.2) is 6.10 Å². The molecule has 0 heterocycles. The average molecular weight is 396 g/mol. The molecule has 0 fully saturated rings. The van der Waals surface area contributed by atoms with Crippen LogP contribution >= 0.6 is 0 Å². The molecule has 0 radical (unpaired) electrons. The van der Waals surface area contributed by atoms with E-state index in [9.17, 15) is 9.90 Å². The molecular formula is C27H24O3. The van der Waals surface area contributed by atoms with Crippen molar-refractivity contribution in [1.29, 1.82) is 0 Å². The van der Waals surface area contributed by atoms with E-state index in [1.165, 1.54) is 0 Å². The van der Waals surface area contributed by atoms with Crippen LogP contribution in [0.25, 0.3) is 10.8 Å². The Morgan fingerprint density at radius 3 is 1.93 bits per heavy atom. The Kier molecular flexibility index (Phi) is 5.64. The predicted octanol–water partition coefficient (Wildman–Crippen LogP) is 6.09. The van der Waals surface area contributed by atoms with Gasteiger partial charge in [-0.3, -0.25) is 0 Å². The third-order valence-corrected chi connectivity index (χ3v) is 5.33. The van der Waals surface area contributed by atoms with Crippen molar-refractivity contribution in [2.24, 2.45) is 0 Å². The Balaban J connectivity index is 1.66. The summed E-state index contributed by atoms with van der Waals surface area (Å²) in [5.74, 6) is -0.461. The van der Waals surface area contributed by atoms with E-state index in [1.807, 2.05) is 98.8 Å². The lowest BCUT2D eigenvalue weighted by Gasteiger charge is -2.24. The smallest absolute Gasteiger partial charge is 0.338 e. The molecule has 0 aliphatic rings. The molecule has 0 bridgehead atoms. The molecule has 150 valence electrons. The summed E-state index contributed by atoms with van der Waals surface area (Å²) in [4.78, 5) is 13.0. The van der Waals surface area contributed by atoms with Crippen molar-refractivity contribution in [2.45, 2.75) is 26.1 Å². The van der Waals surface area contributed by atoms with Crippen LogP contribution in [0.3, 0.4) is 0 Å². The number of hydrogen-bond donors (Lipinski definition) is 1. The highest BCUT2D eigenvalue weighted by Crippen LogP contribution is 2.33. The van der Waals surface area contributed by atoms with E-state index in [4.69, 9.17) is 4.74 Å². The first-order chi connectivity index (χ1) is 14.5. The topological polar surface area (TPSA) is 46.5 Å². The van der Waals surface area contributed by atoms with Crippen molar-refractivity contribution in [2.75, 3.05) is 0 Å². The zero-order valence-electron chi connectivity index (χ0n) is 17.1. The normalized spacial score (nSPS) is 13.0. The number of aliphatic hydroxyl groups excluding tert-OH is 1. The lowest BCUT2D eigenvalue weighted by molar-refractivity contribution is -0.0209. The quantitative estimate of drug-likeness (QED) is 0.415. The average Bonchev–Trinajstić information content (AvgIpc) is 2.78. The van der Waals surface area contributed by atoms with Crippen molar-refractivity contribution in [3.05, 3.63) is 119 Å². The van der Waals surface area contributed by atoms with Crippen LogP contribution in [0.1, 0.15) is 44.8 Å². The summed E-state index contributed by atoms with van der Waals surface area (Å²) in [6.45, 7) is 3.99. The van der Waals surface area contributed by atoms with Gasteiger partial charge in [-0.2, -0.15) is 0 Å². The number of aliphatic hydroxyl groups is 1. The number of carbonyl (C=O) groups is 1. The van der Waals surface area contributed by atoms with Crippen molar-refractivity contribution >= 4 is 16.7 Å². The second kappa shape index (κ2) is 8.52. The van der Waals surface area contributed by atoms with Crippen LogP contribution in [0.5, 0.6) is 0 Å². The highest BCUT2D eigenvalue weighted by molar-refractivity contribution is 5.95. The SMILES string of the molecule is Cc1ccc([C@@H](OC(=O)c2ccc3ccccc3c2)[C@@H](O)c2ccc(C)cc2)cc1. The van der Waals surface area contributed by atoms with Gasteiger partial charge in [-0.15, -0.1) is 0 Å². The number of benzene rings is 4. The molecular weight excluding hydrogens is 372 g/mol. The second-order valence-corrected chi connectivity index (χ2v) is 7.65. The van der Waals surface area contributed by atoms with Crippen LogP contribution in [-0.2, 0) is 4.74 Å². The summed E-state index contributed by atoms with van der Waals surface area (Å²) in [5, 5.41) is 13.1. The molecule has 4 aromatic carbocycles. The van der Waals surface area contributed by atoms with Gasteiger partial charge in [-0.1, -0.05) is 90.0 Å². The lowest BCUT2D eigenvalue weighted by atomic mass is 9.96. The first-order valence-electron chi connectivity index (χ1n) is 10.0. The minimum atomic E-state index is -0.974. The molecule has 2 atom stereocenters. The van der Waals surface area contributed by atoms with Crippen LogP contribution in [0, 0.1) is 13.8 Å². The summed E-state index contributed by atoms with van der Waals surface area (Å²) in [5.41, 5.74) is 4.12. The van der Waals surface area contributed by atoms with E-state index in [-0.39, 0.29) is 0 Å². The Labute approximate surface area is 176 Å². The molecule has 0 spiro atoms. The van der Waals surface area contributed by atoms with Gasteiger partial charge in [0.2, 0.25) is 0 Å². The molecule has 4 aromatic rings. The van der Waals surface area contributed by atoms with Gasteiger partial charge < -0.3 is 9.84 Å². The van der Waals surface area contributed by atoms with Gasteiger partial charge in [-0.05, 0) is 47.9 Å². The van der Waals surface area contributed by atoms with Gasteiger partial charge >= 0.3 is 5.97 Å². The first-order valence-corrected chi connectivity index (χ1v) is 10.0. The number of esters is 1. The summed E-state index contributed by atoms with van der Waals surface area (Å²) < 4.78 is 5.87. The first kappa shape index (κ1) is 19.9. The van der Waals surface area contributed by atoms with E-state index in [0.29, 0.717) is 11.1 Å². The maximum Gasteiger partial charge on any atom is 0.338 e. The van der Waals surface area contributed by atoms with Gasteiger partial charge in [0.05, 0.1) is 5.56 Å². The zero-order chi connectivity index (χ0) is 21.1. The fraction of sp³-hybridized carbons (Fsp3) is 0.148. The van der Waals surface area contributed by atoms with E-state index in [1.54, 1.807) is 6.07 Å². The van der Waals surface area contributed by atoms with Crippen LogP contribution in [0.2, 0.25) is 0 Å². The van der Waals surface area contributed by atoms with Crippen LogP contribution in [0.4, 0.5) is 0 Å². The molecule has 1 N–H and O–H groups in total. The van der Waals surface area contributed by atoms with Crippen molar-refractivity contribution < 1.29 is 14.6 Å². The number of aryl methyl sites for hydroxylation is 2. The molecule has 4 rings (SSSR count). The van der Waals surface area contributed by atoms with Gasteiger partial charge in [0.1, 0.15) is 6.10 Å². The Hall–Kier alpha value is -3.43. The fourth-order valence-electron chi connectivity index (χ4n) is 3.51. The van der Waals surface area contributed by atoms with Crippen LogP contribution < -0.4 is 0 Å². The summed E-state index contributed by atoms with van der Waals surface area (Å²) in [6, 6.07) is 28.7. The summed E-state index contributed by atoms with van der Waals surface area (Å²) in [6.07, 6.45) is -1.79. The third-order valence-electron chi connectivity index (χ3n) is 5.33. The Morgan fingerprint density at radius 1 is 0.733 bits per heavy atom. The monoisotopic (exact) mass is 396 g/mol. The second-order valence-electron chi connectivity index (χ2n) is 7.65. The highest BCUT2D eigenvalue weighted by Gasteiger charge is 2.27. The third kappa shape index (κ3) is 4.27. The van der Waals surface area contributed by atoms with Gasteiger partial charge in [-0.25, -0.2) is 4.79 Å². The molecule has 0 aliphatic carbocycles. The number of ether oxygens (including phenoxy) is 1. The number of fused-ring (bicyclic) bond motifs is 1. The molecule has 0 saturated carbocycles. The van der Waals surface area contributed by atoms with Crippen molar-refractivity contribution in [1.82, 2.24) is 0 Å². The van der Waals surface area contributed by atoms with Crippen molar-refractivity contribution in [3.63, 3.8) is 0 Å². The van der Waals surface area contributed by atoms with Gasteiger partial charge in [0, 0.05) is 0 Å². The van der Waals surface area contributed by atoms with E-state index < -0.39 is 18.2 Å². The Bertz CT molecular complexity index is 1160. The summed E-state index contributed by atoms with van der Waals surface area (Å²) in [7, 11) is 0. The minimum absolute atomic E-state index is 0.460. The van der Waals surface area contributed by atoms with Crippen molar-refractivity contribution in [3.8, 4) is 0 Å². The molecule has 0 unspecified atom stereocenters. The largest absolute Gasteiger partial charge is 0.451 e. The molecule has 0 amide bonds. The molecule has 3 heteroatoms. The van der Waals surface area contributed by atoms with E-state index >= 15 is 0 Å². The Morgan fingerprint density at radius 2 is 1.30 bits per heavy atom. The number of carbonyl (C=O) groups excluding carboxylic acids is 1. The molecule has 3 nitrogen and oxygen atoms in total. The molecule has 0 saturated heterocycles. The maximum absolute atomic E-state index is 13.0. The standard InChI is InChI=1S/C27H24O3/c1-18-7-11-21(12-8-18)25(28)26(22-13-9-19(2)10-14-22)30-27(29)24-16-15-20-5-3-4-6-23(20)17-24/h3-17,25-26,28H,1-2H3/t25-,26+/m0/s1. The lowest BCUT2D eigenvalue weighted by Crippen LogP contribution is -2.19. The zero-order valence-corrected chi connectivity index (χ0v) is 17.1. The molecule has 30 heavy (non-hydrogen) atoms. The maximum atomic E-state index is 13.0. The molecule has 0 aliphatic heterocycles. The number of rotatable bonds is 5. The minimum Gasteiger partial charge on any atom is -0.451 e. The highest BCUT2D eigenvalue weighted by atomic mass is 16.6. The fourth-order valence-corrected chi connectivity index (χ4v) is 3.51.